The van der Waals surface area contributed by atoms with Crippen molar-refractivity contribution in [3.63, 3.8) is 0 Å². The number of rotatable bonds is 12. The van der Waals surface area contributed by atoms with E-state index < -0.39 is 0 Å². The van der Waals surface area contributed by atoms with Gasteiger partial charge in [0.1, 0.15) is 11.3 Å². The molecule has 0 aliphatic rings. The van der Waals surface area contributed by atoms with E-state index in [2.05, 4.69) is 113 Å². The molecule has 11 nitrogen and oxygen atoms in total. The van der Waals surface area contributed by atoms with Crippen LogP contribution in [0.4, 0.5) is 0 Å². The Labute approximate surface area is 322 Å². The molecule has 0 saturated carbocycles. The third kappa shape index (κ3) is 6.00. The van der Waals surface area contributed by atoms with Gasteiger partial charge in [-0.25, -0.2) is 9.97 Å². The number of nitrogens with zero attached hydrogens (tertiary/aromatic N) is 10. The summed E-state index contributed by atoms with van der Waals surface area (Å²) in [7, 11) is 0. The number of hydrogen-bond donors (Lipinski definition) is 0. The fourth-order valence-electron chi connectivity index (χ4n) is 8.58. The van der Waals surface area contributed by atoms with Crippen LogP contribution in [0.25, 0.3) is 55.6 Å². The van der Waals surface area contributed by atoms with E-state index in [1.54, 1.807) is 0 Å². The normalized spacial score (nSPS) is 12.3. The van der Waals surface area contributed by atoms with Gasteiger partial charge >= 0.3 is 0 Å². The summed E-state index contributed by atoms with van der Waals surface area (Å²) >= 11 is 0. The topological polar surface area (TPSA) is 105 Å². The van der Waals surface area contributed by atoms with E-state index in [0.717, 1.165) is 127 Å². The maximum Gasteiger partial charge on any atom is 0.165 e. The van der Waals surface area contributed by atoms with Crippen LogP contribution in [-0.4, -0.2) is 48.3 Å². The van der Waals surface area contributed by atoms with Gasteiger partial charge in [-0.15, -0.1) is 0 Å². The fourth-order valence-corrected chi connectivity index (χ4v) is 8.58. The number of aromatic nitrogens is 10. The van der Waals surface area contributed by atoms with Crippen LogP contribution in [-0.2, 0) is 18.0 Å². The first-order valence-electron chi connectivity index (χ1n) is 19.8. The van der Waals surface area contributed by atoms with Crippen LogP contribution in [0.1, 0.15) is 111 Å². The van der Waals surface area contributed by atoms with Crippen LogP contribution in [0.2, 0.25) is 0 Å². The molecule has 0 spiro atoms. The Morgan fingerprint density at radius 2 is 0.909 bits per heavy atom. The molecule has 0 atom stereocenters. The predicted molar refractivity (Wildman–Crippen MR) is 220 cm³/mol. The Hall–Kier alpha value is -5.42. The van der Waals surface area contributed by atoms with E-state index in [4.69, 9.17) is 34.9 Å². The van der Waals surface area contributed by atoms with Crippen LogP contribution in [0, 0.1) is 41.5 Å². The Morgan fingerprint density at radius 3 is 1.29 bits per heavy atom. The average Bonchev–Trinajstić information content (AvgIpc) is 3.94. The van der Waals surface area contributed by atoms with Gasteiger partial charge in [0.2, 0.25) is 0 Å². The van der Waals surface area contributed by atoms with Crippen molar-refractivity contribution < 1.29 is 4.74 Å². The van der Waals surface area contributed by atoms with Gasteiger partial charge in [-0.2, -0.15) is 19.2 Å². The summed E-state index contributed by atoms with van der Waals surface area (Å²) in [6.45, 7) is 21.9. The Morgan fingerprint density at radius 1 is 0.509 bits per heavy atom. The Bertz CT molecular complexity index is 2530. The van der Waals surface area contributed by atoms with Crippen molar-refractivity contribution in [2.45, 2.75) is 120 Å². The van der Waals surface area contributed by atoms with Crippen LogP contribution in [0.5, 0.6) is 0 Å². The van der Waals surface area contributed by atoms with E-state index in [-0.39, 0.29) is 0 Å². The van der Waals surface area contributed by atoms with Crippen LogP contribution >= 0.6 is 0 Å². The Kier molecular flexibility index (Phi) is 9.53. The van der Waals surface area contributed by atoms with Crippen molar-refractivity contribution >= 4 is 33.4 Å². The van der Waals surface area contributed by atoms with Gasteiger partial charge in [0.15, 0.2) is 11.3 Å². The highest BCUT2D eigenvalue weighted by Gasteiger charge is 2.25. The number of aryl methyl sites for hydroxylation is 6. The second-order valence-corrected chi connectivity index (χ2v) is 15.0. The molecule has 284 valence electrons. The first-order chi connectivity index (χ1) is 26.6. The third-order valence-corrected chi connectivity index (χ3v) is 11.5. The molecular formula is C44H52N10O. The summed E-state index contributed by atoms with van der Waals surface area (Å²) in [5.41, 5.74) is 15.1. The monoisotopic (exact) mass is 736 g/mol. The second-order valence-electron chi connectivity index (χ2n) is 15.0. The molecule has 0 N–H and O–H groups in total. The molecule has 8 rings (SSSR count). The van der Waals surface area contributed by atoms with Crippen LogP contribution in [0.15, 0.2) is 48.8 Å². The van der Waals surface area contributed by atoms with Crippen LogP contribution in [0.3, 0.4) is 0 Å². The minimum Gasteiger partial charge on any atom is -0.369 e. The average molecular weight is 737 g/mol. The molecule has 8 heterocycles. The third-order valence-electron chi connectivity index (χ3n) is 11.5. The van der Waals surface area contributed by atoms with E-state index >= 15 is 0 Å². The lowest BCUT2D eigenvalue weighted by molar-refractivity contribution is 0.102. The van der Waals surface area contributed by atoms with Gasteiger partial charge in [-0.05, 0) is 91.5 Å². The first kappa shape index (κ1) is 36.6. The van der Waals surface area contributed by atoms with Gasteiger partial charge < -0.3 is 13.9 Å². The highest BCUT2D eigenvalue weighted by atomic mass is 16.5. The van der Waals surface area contributed by atoms with Crippen LogP contribution < -0.4 is 0 Å². The molecule has 55 heavy (non-hydrogen) atoms. The van der Waals surface area contributed by atoms with Crippen molar-refractivity contribution in [3.8, 4) is 22.3 Å². The molecule has 0 amide bonds. The summed E-state index contributed by atoms with van der Waals surface area (Å²) in [6.07, 6.45) is 8.54. The number of hydrogen-bond acceptors (Lipinski definition) is 7. The highest BCUT2D eigenvalue weighted by Crippen LogP contribution is 2.36. The molecule has 8 aromatic rings. The number of pyridine rings is 2. The zero-order valence-electron chi connectivity index (χ0n) is 33.9. The lowest BCUT2D eigenvalue weighted by Gasteiger charge is -2.17. The zero-order valence-corrected chi connectivity index (χ0v) is 33.9. The van der Waals surface area contributed by atoms with E-state index in [0.29, 0.717) is 25.3 Å². The number of fused-ring (bicyclic) bond motifs is 6. The minimum absolute atomic E-state index is 0.295. The molecule has 8 aromatic heterocycles. The van der Waals surface area contributed by atoms with Gasteiger partial charge in [-0.3, -0.25) is 9.97 Å². The van der Waals surface area contributed by atoms with Gasteiger partial charge in [-0.1, -0.05) is 39.8 Å². The first-order valence-corrected chi connectivity index (χ1v) is 19.8. The predicted octanol–water partition coefficient (Wildman–Crippen LogP) is 10.1. The van der Waals surface area contributed by atoms with Gasteiger partial charge in [0.05, 0.1) is 58.5 Å². The summed E-state index contributed by atoms with van der Waals surface area (Å²) in [6, 6.07) is 13.5. The molecule has 0 bridgehead atoms. The van der Waals surface area contributed by atoms with Crippen molar-refractivity contribution in [3.05, 3.63) is 94.3 Å². The largest absolute Gasteiger partial charge is 0.369 e. The molecular weight excluding hydrogens is 685 g/mol. The number of ether oxygens (including phenoxy) is 1. The summed E-state index contributed by atoms with van der Waals surface area (Å²) in [5, 5.41) is 12.4. The maximum atomic E-state index is 6.59. The van der Waals surface area contributed by atoms with Crippen molar-refractivity contribution in [2.75, 3.05) is 0 Å². The smallest absolute Gasteiger partial charge is 0.165 e. The van der Waals surface area contributed by atoms with Crippen molar-refractivity contribution in [1.29, 1.82) is 0 Å². The summed E-state index contributed by atoms with van der Waals surface area (Å²) in [4.78, 5) is 20.3. The quantitative estimate of drug-likeness (QED) is 0.123. The molecule has 0 saturated heterocycles. The Balaban J connectivity index is 1.17. The minimum atomic E-state index is 0.295. The van der Waals surface area contributed by atoms with Crippen molar-refractivity contribution in [2.24, 2.45) is 0 Å². The summed E-state index contributed by atoms with van der Waals surface area (Å²) in [5.74, 6) is 0. The molecule has 0 aliphatic heterocycles. The van der Waals surface area contributed by atoms with E-state index in [9.17, 15) is 0 Å². The highest BCUT2D eigenvalue weighted by molar-refractivity contribution is 5.89. The van der Waals surface area contributed by atoms with Crippen molar-refractivity contribution in [1.82, 2.24) is 48.3 Å². The molecule has 0 aromatic carbocycles. The lowest BCUT2D eigenvalue weighted by atomic mass is 10.0. The molecule has 0 unspecified atom stereocenters. The maximum absolute atomic E-state index is 6.59. The molecule has 11 heteroatoms. The summed E-state index contributed by atoms with van der Waals surface area (Å²) < 4.78 is 15.4. The van der Waals surface area contributed by atoms with Gasteiger partial charge in [0, 0.05) is 57.8 Å². The lowest BCUT2D eigenvalue weighted by Crippen LogP contribution is -2.09. The molecule has 0 aliphatic carbocycles. The van der Waals surface area contributed by atoms with E-state index in [1.807, 2.05) is 22.9 Å². The van der Waals surface area contributed by atoms with Gasteiger partial charge in [0.25, 0.3) is 0 Å². The fraction of sp³-hybridized carbons (Fsp3) is 0.409. The molecule has 0 radical (unpaired) electrons. The standard InChI is InChI=1S/C44H52N10O/c1-11-31(12-2)51-21-19-33-27(7)47-41-39(29(9)49-53(41)43(33)51)35-17-15-25(5)45-37(35)23-55-24-38-36(18-16-26(6)46-38)40-30(10)50-54-42(40)48-28(8)34-20-22-52(44(34)54)32(13-3)14-4/h15-22,31-32H,11-14,23-24H2,1-10H3. The van der Waals surface area contributed by atoms with E-state index in [1.165, 1.54) is 0 Å². The molecule has 0 fully saturated rings. The second kappa shape index (κ2) is 14.3. The SMILES string of the molecule is CCC(CC)n1ccc2c(C)nc3c(-c4ccc(C)nc4COCc4nc(C)ccc4-c4c(C)nn5c4nc(C)c4ccn(C(CC)CC)c45)c(C)nn3c21. The zero-order chi connectivity index (χ0) is 38.7.